The Morgan fingerprint density at radius 1 is 1.00 bits per heavy atom. The van der Waals surface area contributed by atoms with Gasteiger partial charge in [0.25, 0.3) is 0 Å². The molecule has 0 rings (SSSR count). The molecule has 0 aromatic heterocycles. The smallest absolute Gasteiger partial charge is 0.170 e. The van der Waals surface area contributed by atoms with Gasteiger partial charge < -0.3 is 0 Å². The highest BCUT2D eigenvalue weighted by atomic mass is 19.4. The van der Waals surface area contributed by atoms with Crippen molar-refractivity contribution in [3.8, 4) is 0 Å². The molecule has 0 saturated carbocycles. The fourth-order valence-electron chi connectivity index (χ4n) is 0.725. The van der Waals surface area contributed by atoms with Gasteiger partial charge in [-0.05, 0) is 13.3 Å². The quantitative estimate of drug-likeness (QED) is 0.477. The second-order valence-corrected chi connectivity index (χ2v) is 2.44. The third kappa shape index (κ3) is 4.19. The van der Waals surface area contributed by atoms with Crippen LogP contribution in [-0.4, -0.2) is 12.4 Å². The molecule has 0 radical (unpaired) electrons. The summed E-state index contributed by atoms with van der Waals surface area (Å²) in [4.78, 5) is 0. The van der Waals surface area contributed by atoms with E-state index in [0.717, 1.165) is 12.2 Å². The van der Waals surface area contributed by atoms with Gasteiger partial charge in [0.15, 0.2) is 5.92 Å². The van der Waals surface area contributed by atoms with Gasteiger partial charge in [-0.2, -0.15) is 26.3 Å². The van der Waals surface area contributed by atoms with Crippen molar-refractivity contribution in [2.75, 3.05) is 0 Å². The fraction of sp³-hybridized carbons (Fsp3) is 0.714. The van der Waals surface area contributed by atoms with Gasteiger partial charge in [-0.1, -0.05) is 12.2 Å². The molecule has 78 valence electrons. The predicted octanol–water partition coefficient (Wildman–Crippen LogP) is 3.69. The zero-order chi connectivity index (χ0) is 10.7. The average Bonchev–Trinajstić information content (AvgIpc) is 1.81. The molecule has 13 heavy (non-hydrogen) atoms. The van der Waals surface area contributed by atoms with E-state index in [4.69, 9.17) is 0 Å². The van der Waals surface area contributed by atoms with Gasteiger partial charge >= 0.3 is 12.4 Å². The van der Waals surface area contributed by atoms with Crippen LogP contribution < -0.4 is 0 Å². The van der Waals surface area contributed by atoms with Gasteiger partial charge in [0.1, 0.15) is 0 Å². The number of alkyl halides is 6. The Morgan fingerprint density at radius 3 is 1.62 bits per heavy atom. The molecule has 0 aliphatic carbocycles. The molecule has 0 aromatic carbocycles. The lowest BCUT2D eigenvalue weighted by atomic mass is 10.0. The van der Waals surface area contributed by atoms with E-state index >= 15 is 0 Å². The van der Waals surface area contributed by atoms with Crippen molar-refractivity contribution < 1.29 is 26.3 Å². The summed E-state index contributed by atoms with van der Waals surface area (Å²) >= 11 is 0. The molecule has 0 nitrogen and oxygen atoms in total. The van der Waals surface area contributed by atoms with Crippen molar-refractivity contribution in [1.82, 2.24) is 0 Å². The maximum Gasteiger partial charge on any atom is 0.400 e. The van der Waals surface area contributed by atoms with Crippen molar-refractivity contribution in [3.63, 3.8) is 0 Å². The number of hydrogen-bond acceptors (Lipinski definition) is 0. The monoisotopic (exact) mass is 206 g/mol. The van der Waals surface area contributed by atoms with Gasteiger partial charge in [0.2, 0.25) is 0 Å². The molecule has 0 heterocycles. The van der Waals surface area contributed by atoms with Gasteiger partial charge in [-0.3, -0.25) is 0 Å². The van der Waals surface area contributed by atoms with Crippen LogP contribution >= 0.6 is 0 Å². The molecule has 0 aromatic rings. The summed E-state index contributed by atoms with van der Waals surface area (Å²) in [5.41, 5.74) is 0. The first-order chi connectivity index (χ1) is 5.69. The van der Waals surface area contributed by atoms with Crippen LogP contribution in [0.15, 0.2) is 12.2 Å². The fourth-order valence-corrected chi connectivity index (χ4v) is 0.725. The molecule has 6 heteroatoms. The molecule has 0 aliphatic heterocycles. The lowest BCUT2D eigenvalue weighted by molar-refractivity contribution is -0.282. The highest BCUT2D eigenvalue weighted by molar-refractivity contribution is 4.86. The van der Waals surface area contributed by atoms with E-state index in [0.29, 0.717) is 0 Å². The molecular weight excluding hydrogens is 198 g/mol. The summed E-state index contributed by atoms with van der Waals surface area (Å²) in [5, 5.41) is 0. The number of halogens is 6. The van der Waals surface area contributed by atoms with Crippen molar-refractivity contribution in [2.24, 2.45) is 5.92 Å². The molecule has 0 aliphatic rings. The van der Waals surface area contributed by atoms with Crippen LogP contribution in [0.4, 0.5) is 26.3 Å². The van der Waals surface area contributed by atoms with Crippen molar-refractivity contribution in [2.45, 2.75) is 25.7 Å². The average molecular weight is 206 g/mol. The Kier molecular flexibility index (Phi) is 3.81. The summed E-state index contributed by atoms with van der Waals surface area (Å²) < 4.78 is 70.7. The van der Waals surface area contributed by atoms with E-state index in [1.807, 2.05) is 0 Å². The Labute approximate surface area is 71.2 Å². The van der Waals surface area contributed by atoms with Gasteiger partial charge in [0.05, 0.1) is 0 Å². The standard InChI is InChI=1S/C7H8F6/c1-2-3-4-5(6(8,9)10)7(11,12)13/h2-3,5H,4H2,1H3. The topological polar surface area (TPSA) is 0 Å². The second-order valence-electron chi connectivity index (χ2n) is 2.44. The first-order valence-corrected chi connectivity index (χ1v) is 3.44. The van der Waals surface area contributed by atoms with Gasteiger partial charge in [-0.15, -0.1) is 0 Å². The zero-order valence-corrected chi connectivity index (χ0v) is 6.71. The lowest BCUT2D eigenvalue weighted by Crippen LogP contribution is -2.35. The molecule has 0 atom stereocenters. The van der Waals surface area contributed by atoms with Crippen LogP contribution in [0, 0.1) is 5.92 Å². The third-order valence-corrected chi connectivity index (χ3v) is 1.40. The van der Waals surface area contributed by atoms with Gasteiger partial charge in [0, 0.05) is 0 Å². The molecule has 0 spiro atoms. The largest absolute Gasteiger partial charge is 0.400 e. The predicted molar refractivity (Wildman–Crippen MR) is 35.0 cm³/mol. The lowest BCUT2D eigenvalue weighted by Gasteiger charge is -2.21. The zero-order valence-electron chi connectivity index (χ0n) is 6.71. The maximum absolute atomic E-state index is 11.8. The minimum atomic E-state index is -5.22. The summed E-state index contributed by atoms with van der Waals surface area (Å²) in [6.45, 7) is 1.36. The first kappa shape index (κ1) is 12.3. The normalized spacial score (nSPS) is 14.5. The summed E-state index contributed by atoms with van der Waals surface area (Å²) in [6, 6.07) is 0. The van der Waals surface area contributed by atoms with Crippen LogP contribution in [0.25, 0.3) is 0 Å². The minimum Gasteiger partial charge on any atom is -0.170 e. The molecule has 0 saturated heterocycles. The van der Waals surface area contributed by atoms with E-state index in [2.05, 4.69) is 0 Å². The number of rotatable bonds is 2. The van der Waals surface area contributed by atoms with Gasteiger partial charge in [-0.25, -0.2) is 0 Å². The van der Waals surface area contributed by atoms with E-state index in [9.17, 15) is 26.3 Å². The Morgan fingerprint density at radius 2 is 1.38 bits per heavy atom. The van der Waals surface area contributed by atoms with Crippen molar-refractivity contribution in [1.29, 1.82) is 0 Å². The van der Waals surface area contributed by atoms with E-state index in [-0.39, 0.29) is 0 Å². The highest BCUT2D eigenvalue weighted by Crippen LogP contribution is 2.41. The minimum absolute atomic E-state index is 0.853. The van der Waals surface area contributed by atoms with Crippen LogP contribution in [-0.2, 0) is 0 Å². The van der Waals surface area contributed by atoms with E-state index in [1.54, 1.807) is 0 Å². The SMILES string of the molecule is CC=CCC(C(F)(F)F)C(F)(F)F. The first-order valence-electron chi connectivity index (χ1n) is 3.44. The van der Waals surface area contributed by atoms with Crippen LogP contribution in [0.3, 0.4) is 0 Å². The Balaban J connectivity index is 4.57. The number of allylic oxidation sites excluding steroid dienone is 2. The molecule has 0 bridgehead atoms. The van der Waals surface area contributed by atoms with Crippen molar-refractivity contribution in [3.05, 3.63) is 12.2 Å². The van der Waals surface area contributed by atoms with Crippen LogP contribution in [0.5, 0.6) is 0 Å². The van der Waals surface area contributed by atoms with Crippen LogP contribution in [0.1, 0.15) is 13.3 Å². The van der Waals surface area contributed by atoms with Crippen molar-refractivity contribution >= 4 is 0 Å². The van der Waals surface area contributed by atoms with Crippen LogP contribution in [0.2, 0.25) is 0 Å². The Bertz CT molecular complexity index is 160. The Hall–Kier alpha value is -0.680. The third-order valence-electron chi connectivity index (χ3n) is 1.40. The second kappa shape index (κ2) is 4.02. The molecule has 0 fully saturated rings. The highest BCUT2D eigenvalue weighted by Gasteiger charge is 2.55. The summed E-state index contributed by atoms with van der Waals surface area (Å²) in [7, 11) is 0. The molecule has 0 unspecified atom stereocenters. The number of hydrogen-bond donors (Lipinski definition) is 0. The van der Waals surface area contributed by atoms with E-state index < -0.39 is 24.7 Å². The molecule has 0 amide bonds. The maximum atomic E-state index is 11.8. The molecular formula is C7H8F6. The molecule has 0 N–H and O–H groups in total. The summed E-state index contributed by atoms with van der Waals surface area (Å²) in [5.74, 6) is -3.25. The summed E-state index contributed by atoms with van der Waals surface area (Å²) in [6.07, 6.45) is -9.49. The van der Waals surface area contributed by atoms with E-state index in [1.165, 1.54) is 6.92 Å².